The minimum absolute atomic E-state index is 0.0714. The third-order valence-corrected chi connectivity index (χ3v) is 4.79. The highest BCUT2D eigenvalue weighted by Gasteiger charge is 2.49. The fourth-order valence-corrected chi connectivity index (χ4v) is 3.20. The van der Waals surface area contributed by atoms with Crippen molar-refractivity contribution in [1.29, 1.82) is 5.26 Å². The molecule has 0 unspecified atom stereocenters. The predicted molar refractivity (Wildman–Crippen MR) is 103 cm³/mol. The molecule has 7 nitrogen and oxygen atoms in total. The van der Waals surface area contributed by atoms with Gasteiger partial charge in [-0.15, -0.1) is 6.42 Å². The molecule has 1 N–H and O–H groups in total. The summed E-state index contributed by atoms with van der Waals surface area (Å²) in [5.41, 5.74) is -0.662. The van der Waals surface area contributed by atoms with Crippen molar-refractivity contribution < 1.29 is 14.4 Å². The number of rotatable bonds is 5. The van der Waals surface area contributed by atoms with Crippen molar-refractivity contribution in [3.05, 3.63) is 48.0 Å². The van der Waals surface area contributed by atoms with Crippen LogP contribution in [0, 0.1) is 23.7 Å². The maximum Gasteiger partial charge on any atom is 0.325 e. The molecule has 1 aliphatic heterocycles. The minimum atomic E-state index is -1.28. The zero-order valence-electron chi connectivity index (χ0n) is 15.3. The van der Waals surface area contributed by atoms with E-state index in [2.05, 4.69) is 11.2 Å². The molecule has 0 aliphatic carbocycles. The number of benzene rings is 2. The van der Waals surface area contributed by atoms with Crippen LogP contribution in [0.15, 0.2) is 42.5 Å². The Morgan fingerprint density at radius 2 is 1.93 bits per heavy atom. The Balaban J connectivity index is 1.86. The van der Waals surface area contributed by atoms with Gasteiger partial charge in [0.15, 0.2) is 0 Å². The van der Waals surface area contributed by atoms with Gasteiger partial charge in [-0.25, -0.2) is 4.79 Å². The number of fused-ring (bicyclic) bond motifs is 1. The Labute approximate surface area is 162 Å². The highest BCUT2D eigenvalue weighted by molar-refractivity contribution is 6.09. The van der Waals surface area contributed by atoms with Gasteiger partial charge in [0, 0.05) is 0 Å². The molecule has 1 aliphatic rings. The van der Waals surface area contributed by atoms with Crippen LogP contribution in [0.4, 0.5) is 4.79 Å². The molecule has 2 aromatic rings. The molecule has 1 atom stereocenters. The molecule has 7 heteroatoms. The quantitative estimate of drug-likeness (QED) is 0.489. The Hall–Kier alpha value is -3.84. The Kier molecular flexibility index (Phi) is 5.02. The molecular formula is C21H18N4O3. The molecule has 0 radical (unpaired) electrons. The summed E-state index contributed by atoms with van der Waals surface area (Å²) in [6.07, 6.45) is 5.21. The van der Waals surface area contributed by atoms with Gasteiger partial charge in [0.25, 0.3) is 5.91 Å². The molecule has 1 saturated heterocycles. The molecule has 140 valence electrons. The first-order chi connectivity index (χ1) is 13.4. The standard InChI is InChI=1S/C21H18N4O3/c1-3-11-24(12-10-22)18(26)14-25-19(27)21(2,23-20(25)28)17-9-8-15-6-4-5-7-16(15)13-17/h1,4-9,13H,11-12,14H2,2H3,(H,23,28)/t21-/m0/s1. The normalized spacial score (nSPS) is 18.5. The SMILES string of the molecule is C#CCN(CC#N)C(=O)CN1C(=O)N[C@@](C)(c2ccc3ccccc3c2)C1=O. The second kappa shape index (κ2) is 7.42. The number of hydrogen-bond acceptors (Lipinski definition) is 4. The summed E-state index contributed by atoms with van der Waals surface area (Å²) >= 11 is 0. The van der Waals surface area contributed by atoms with Crippen LogP contribution >= 0.6 is 0 Å². The minimum Gasteiger partial charge on any atom is -0.319 e. The summed E-state index contributed by atoms with van der Waals surface area (Å²) in [5, 5.41) is 13.5. The van der Waals surface area contributed by atoms with E-state index in [0.29, 0.717) is 5.56 Å². The van der Waals surface area contributed by atoms with Gasteiger partial charge >= 0.3 is 6.03 Å². The topological polar surface area (TPSA) is 93.5 Å². The second-order valence-electron chi connectivity index (χ2n) is 6.62. The van der Waals surface area contributed by atoms with Crippen molar-refractivity contribution >= 4 is 28.6 Å². The summed E-state index contributed by atoms with van der Waals surface area (Å²) in [6, 6.07) is 14.4. The van der Waals surface area contributed by atoms with E-state index in [9.17, 15) is 14.4 Å². The van der Waals surface area contributed by atoms with Crippen molar-refractivity contribution in [2.45, 2.75) is 12.5 Å². The number of hydrogen-bond donors (Lipinski definition) is 1. The lowest BCUT2D eigenvalue weighted by Crippen LogP contribution is -2.44. The van der Waals surface area contributed by atoms with Crippen molar-refractivity contribution in [3.63, 3.8) is 0 Å². The van der Waals surface area contributed by atoms with Crippen LogP contribution in [0.3, 0.4) is 0 Å². The average molecular weight is 374 g/mol. The molecule has 0 bridgehead atoms. The molecule has 2 aromatic carbocycles. The van der Waals surface area contributed by atoms with E-state index < -0.39 is 29.9 Å². The van der Waals surface area contributed by atoms with Gasteiger partial charge < -0.3 is 10.2 Å². The third-order valence-electron chi connectivity index (χ3n) is 4.79. The number of imide groups is 1. The number of urea groups is 1. The first kappa shape index (κ1) is 18.9. The molecule has 0 saturated carbocycles. The lowest BCUT2D eigenvalue weighted by molar-refractivity contribution is -0.138. The highest BCUT2D eigenvalue weighted by atomic mass is 16.2. The zero-order chi connectivity index (χ0) is 20.3. The summed E-state index contributed by atoms with van der Waals surface area (Å²) in [5.74, 6) is 1.20. The van der Waals surface area contributed by atoms with Crippen LogP contribution < -0.4 is 5.32 Å². The Morgan fingerprint density at radius 3 is 2.61 bits per heavy atom. The van der Waals surface area contributed by atoms with Gasteiger partial charge in [0.05, 0.1) is 12.6 Å². The molecule has 4 amide bonds. The molecule has 0 aromatic heterocycles. The number of nitriles is 1. The molecular weight excluding hydrogens is 356 g/mol. The number of amides is 4. The number of carbonyl (C=O) groups excluding carboxylic acids is 3. The van der Waals surface area contributed by atoms with Crippen LogP contribution in [0.25, 0.3) is 10.8 Å². The van der Waals surface area contributed by atoms with E-state index in [4.69, 9.17) is 11.7 Å². The first-order valence-electron chi connectivity index (χ1n) is 8.62. The summed E-state index contributed by atoms with van der Waals surface area (Å²) < 4.78 is 0. The lowest BCUT2D eigenvalue weighted by atomic mass is 9.90. The maximum absolute atomic E-state index is 13.0. The smallest absolute Gasteiger partial charge is 0.319 e. The number of nitrogens with one attached hydrogen (secondary N) is 1. The van der Waals surface area contributed by atoms with Crippen molar-refractivity contribution in [1.82, 2.24) is 15.1 Å². The van der Waals surface area contributed by atoms with E-state index in [1.807, 2.05) is 42.5 Å². The summed E-state index contributed by atoms with van der Waals surface area (Å²) in [7, 11) is 0. The van der Waals surface area contributed by atoms with Gasteiger partial charge in [0.1, 0.15) is 18.6 Å². The van der Waals surface area contributed by atoms with Crippen molar-refractivity contribution in [2.75, 3.05) is 19.6 Å². The summed E-state index contributed by atoms with van der Waals surface area (Å²) in [6.45, 7) is 0.847. The van der Waals surface area contributed by atoms with Gasteiger partial charge in [-0.05, 0) is 29.3 Å². The predicted octanol–water partition coefficient (Wildman–Crippen LogP) is 1.59. The van der Waals surface area contributed by atoms with E-state index in [1.165, 1.54) is 0 Å². The monoisotopic (exact) mass is 374 g/mol. The average Bonchev–Trinajstić information content (AvgIpc) is 2.91. The number of nitrogens with zero attached hydrogens (tertiary/aromatic N) is 3. The van der Waals surface area contributed by atoms with Crippen LogP contribution in [-0.2, 0) is 15.1 Å². The van der Waals surface area contributed by atoms with Crippen LogP contribution in [0.2, 0.25) is 0 Å². The van der Waals surface area contributed by atoms with Gasteiger partial charge in [-0.1, -0.05) is 42.3 Å². The van der Waals surface area contributed by atoms with Crippen molar-refractivity contribution in [3.8, 4) is 18.4 Å². The number of carbonyl (C=O) groups is 3. The van der Waals surface area contributed by atoms with Gasteiger partial charge in [-0.3, -0.25) is 14.5 Å². The van der Waals surface area contributed by atoms with Crippen molar-refractivity contribution in [2.24, 2.45) is 0 Å². The number of terminal acetylenes is 1. The fourth-order valence-electron chi connectivity index (χ4n) is 3.20. The Bertz CT molecular complexity index is 1030. The lowest BCUT2D eigenvalue weighted by Gasteiger charge is -2.23. The maximum atomic E-state index is 13.0. The van der Waals surface area contributed by atoms with E-state index in [1.54, 1.807) is 13.0 Å². The Morgan fingerprint density at radius 1 is 1.21 bits per heavy atom. The first-order valence-corrected chi connectivity index (χ1v) is 8.62. The largest absolute Gasteiger partial charge is 0.325 e. The molecule has 28 heavy (non-hydrogen) atoms. The molecule has 3 rings (SSSR count). The molecule has 1 fully saturated rings. The van der Waals surface area contributed by atoms with E-state index in [0.717, 1.165) is 20.6 Å². The van der Waals surface area contributed by atoms with E-state index >= 15 is 0 Å². The van der Waals surface area contributed by atoms with Gasteiger partial charge in [0.2, 0.25) is 5.91 Å². The van der Waals surface area contributed by atoms with Crippen LogP contribution in [0.5, 0.6) is 0 Å². The zero-order valence-corrected chi connectivity index (χ0v) is 15.3. The molecule has 0 spiro atoms. The fraction of sp³-hybridized carbons (Fsp3) is 0.238. The molecule has 1 heterocycles. The van der Waals surface area contributed by atoms with Crippen LogP contribution in [-0.4, -0.2) is 47.3 Å². The van der Waals surface area contributed by atoms with Gasteiger partial charge in [-0.2, -0.15) is 5.26 Å². The highest BCUT2D eigenvalue weighted by Crippen LogP contribution is 2.31. The second-order valence-corrected chi connectivity index (χ2v) is 6.62. The van der Waals surface area contributed by atoms with Crippen LogP contribution in [0.1, 0.15) is 12.5 Å². The third kappa shape index (κ3) is 3.26. The van der Waals surface area contributed by atoms with E-state index in [-0.39, 0.29) is 13.1 Å². The summed E-state index contributed by atoms with van der Waals surface area (Å²) in [4.78, 5) is 39.8.